The van der Waals surface area contributed by atoms with E-state index in [0.717, 1.165) is 12.8 Å². The summed E-state index contributed by atoms with van der Waals surface area (Å²) in [5, 5.41) is 2.72. The fraction of sp³-hybridized carbons (Fsp3) is 0.333. The highest BCUT2D eigenvalue weighted by Gasteiger charge is 2.21. The molecule has 0 radical (unpaired) electrons. The van der Waals surface area contributed by atoms with Gasteiger partial charge < -0.3 is 10.2 Å². The molecule has 7 nitrogen and oxygen atoms in total. The predicted octanol–water partition coefficient (Wildman–Crippen LogP) is 3.66. The number of carbonyl (C=O) groups is 2. The predicted molar refractivity (Wildman–Crippen MR) is 114 cm³/mol. The maximum atomic E-state index is 12.9. The molecule has 154 valence electrons. The Hall–Kier alpha value is -2.87. The van der Waals surface area contributed by atoms with E-state index in [4.69, 9.17) is 0 Å². The first-order valence-corrected chi connectivity index (χ1v) is 11.1. The van der Waals surface area contributed by atoms with Gasteiger partial charge in [0.1, 0.15) is 0 Å². The van der Waals surface area contributed by atoms with Crippen molar-refractivity contribution < 1.29 is 18.0 Å². The van der Waals surface area contributed by atoms with Crippen LogP contribution in [0.15, 0.2) is 47.4 Å². The molecule has 1 heterocycles. The third kappa shape index (κ3) is 4.95. The molecule has 0 aromatic heterocycles. The number of benzene rings is 2. The zero-order valence-corrected chi connectivity index (χ0v) is 17.4. The number of anilines is 3. The number of hydrogen-bond acceptors (Lipinski definition) is 4. The molecule has 1 saturated heterocycles. The van der Waals surface area contributed by atoms with Crippen LogP contribution in [0.25, 0.3) is 0 Å². The molecule has 1 aliphatic heterocycles. The number of amides is 2. The van der Waals surface area contributed by atoms with Crippen LogP contribution >= 0.6 is 0 Å². The molecule has 0 spiro atoms. The van der Waals surface area contributed by atoms with E-state index in [1.165, 1.54) is 6.07 Å². The van der Waals surface area contributed by atoms with Crippen LogP contribution in [-0.2, 0) is 19.6 Å². The van der Waals surface area contributed by atoms with Crippen LogP contribution in [0.5, 0.6) is 0 Å². The maximum absolute atomic E-state index is 12.9. The third-order valence-electron chi connectivity index (χ3n) is 4.80. The summed E-state index contributed by atoms with van der Waals surface area (Å²) in [4.78, 5) is 25.5. The van der Waals surface area contributed by atoms with Crippen LogP contribution in [0.4, 0.5) is 17.1 Å². The van der Waals surface area contributed by atoms with Gasteiger partial charge in [-0.2, -0.15) is 0 Å². The van der Waals surface area contributed by atoms with Crippen molar-refractivity contribution in [2.75, 3.05) is 21.5 Å². The van der Waals surface area contributed by atoms with Crippen molar-refractivity contribution in [3.05, 3.63) is 48.0 Å². The van der Waals surface area contributed by atoms with Crippen molar-refractivity contribution >= 4 is 38.9 Å². The zero-order valence-electron chi connectivity index (χ0n) is 16.6. The highest BCUT2D eigenvalue weighted by Crippen LogP contribution is 2.27. The summed E-state index contributed by atoms with van der Waals surface area (Å²) in [6.07, 6.45) is 2.67. The summed E-state index contributed by atoms with van der Waals surface area (Å²) in [7, 11) is -3.82. The zero-order chi connectivity index (χ0) is 21.0. The van der Waals surface area contributed by atoms with Gasteiger partial charge in [-0.15, -0.1) is 0 Å². The molecule has 2 aromatic carbocycles. The molecule has 1 aliphatic rings. The molecule has 0 bridgehead atoms. The minimum absolute atomic E-state index is 0.0526. The Morgan fingerprint density at radius 1 is 1.10 bits per heavy atom. The minimum Gasteiger partial charge on any atom is -0.326 e. The van der Waals surface area contributed by atoms with Crippen molar-refractivity contribution in [2.45, 2.75) is 44.4 Å². The summed E-state index contributed by atoms with van der Waals surface area (Å²) in [5.74, 6) is -0.0842. The number of nitrogens with zero attached hydrogens (tertiary/aromatic N) is 1. The standard InChI is InChI=1S/C21H25N3O4S/c1-3-20(25)22-16-10-11-19(15(2)13-16)29(27,28)23-17-7-6-8-18(14-17)24-12-5-4-9-21(24)26/h6-8,10-11,13-14,23H,3-5,9,12H2,1-2H3,(H,22,25). The largest absolute Gasteiger partial charge is 0.326 e. The fourth-order valence-electron chi connectivity index (χ4n) is 3.30. The average Bonchev–Trinajstić information content (AvgIpc) is 2.68. The first-order chi connectivity index (χ1) is 13.8. The molecule has 29 heavy (non-hydrogen) atoms. The number of sulfonamides is 1. The number of piperidine rings is 1. The molecule has 1 fully saturated rings. The molecular formula is C21H25N3O4S. The van der Waals surface area contributed by atoms with Crippen LogP contribution in [0.2, 0.25) is 0 Å². The summed E-state index contributed by atoms with van der Waals surface area (Å²) in [6, 6.07) is 11.5. The van der Waals surface area contributed by atoms with E-state index in [0.29, 0.717) is 42.0 Å². The normalized spacial score (nSPS) is 14.6. The van der Waals surface area contributed by atoms with E-state index < -0.39 is 10.0 Å². The maximum Gasteiger partial charge on any atom is 0.262 e. The second-order valence-corrected chi connectivity index (χ2v) is 8.69. The molecule has 2 aromatic rings. The number of nitrogens with one attached hydrogen (secondary N) is 2. The molecule has 0 saturated carbocycles. The second-order valence-electron chi connectivity index (χ2n) is 7.04. The Bertz CT molecular complexity index is 1030. The van der Waals surface area contributed by atoms with Gasteiger partial charge in [-0.25, -0.2) is 8.42 Å². The van der Waals surface area contributed by atoms with Crippen molar-refractivity contribution in [3.63, 3.8) is 0 Å². The van der Waals surface area contributed by atoms with E-state index >= 15 is 0 Å². The highest BCUT2D eigenvalue weighted by molar-refractivity contribution is 7.92. The smallest absolute Gasteiger partial charge is 0.262 e. The number of rotatable bonds is 6. The summed E-state index contributed by atoms with van der Waals surface area (Å²) < 4.78 is 28.4. The van der Waals surface area contributed by atoms with Crippen LogP contribution < -0.4 is 14.9 Å². The van der Waals surface area contributed by atoms with Crippen molar-refractivity contribution in [3.8, 4) is 0 Å². The Morgan fingerprint density at radius 3 is 2.59 bits per heavy atom. The highest BCUT2D eigenvalue weighted by atomic mass is 32.2. The van der Waals surface area contributed by atoms with Gasteiger partial charge in [-0.05, 0) is 61.7 Å². The Labute approximate surface area is 171 Å². The van der Waals surface area contributed by atoms with Gasteiger partial charge in [-0.3, -0.25) is 14.3 Å². The second kappa shape index (κ2) is 8.65. The van der Waals surface area contributed by atoms with Crippen LogP contribution in [0.3, 0.4) is 0 Å². The number of aryl methyl sites for hydroxylation is 1. The first-order valence-electron chi connectivity index (χ1n) is 9.64. The van der Waals surface area contributed by atoms with E-state index in [2.05, 4.69) is 10.0 Å². The lowest BCUT2D eigenvalue weighted by molar-refractivity contribution is -0.119. The lowest BCUT2D eigenvalue weighted by Crippen LogP contribution is -2.35. The SMILES string of the molecule is CCC(=O)Nc1ccc(S(=O)(=O)Nc2cccc(N3CCCCC3=O)c2)c(C)c1. The van der Waals surface area contributed by atoms with E-state index in [9.17, 15) is 18.0 Å². The molecular weight excluding hydrogens is 390 g/mol. The third-order valence-corrected chi connectivity index (χ3v) is 6.34. The van der Waals surface area contributed by atoms with Crippen LogP contribution in [0, 0.1) is 6.92 Å². The molecule has 8 heteroatoms. The van der Waals surface area contributed by atoms with E-state index in [1.807, 2.05) is 0 Å². The molecule has 0 unspecified atom stereocenters. The fourth-order valence-corrected chi connectivity index (χ4v) is 4.58. The van der Waals surface area contributed by atoms with E-state index in [1.54, 1.807) is 55.1 Å². The van der Waals surface area contributed by atoms with Crippen molar-refractivity contribution in [1.82, 2.24) is 0 Å². The number of hydrogen-bond donors (Lipinski definition) is 2. The van der Waals surface area contributed by atoms with Crippen molar-refractivity contribution in [1.29, 1.82) is 0 Å². The Kier molecular flexibility index (Phi) is 6.22. The topological polar surface area (TPSA) is 95.6 Å². The molecule has 3 rings (SSSR count). The summed E-state index contributed by atoms with van der Waals surface area (Å²) in [5.41, 5.74) is 2.15. The monoisotopic (exact) mass is 415 g/mol. The molecule has 0 atom stereocenters. The minimum atomic E-state index is -3.82. The van der Waals surface area contributed by atoms with Gasteiger partial charge >= 0.3 is 0 Å². The Morgan fingerprint density at radius 2 is 1.90 bits per heavy atom. The van der Waals surface area contributed by atoms with Gasteiger partial charge in [0.2, 0.25) is 11.8 Å². The summed E-state index contributed by atoms with van der Waals surface area (Å²) >= 11 is 0. The van der Waals surface area contributed by atoms with Gasteiger partial charge in [-0.1, -0.05) is 13.0 Å². The quantitative estimate of drug-likeness (QED) is 0.753. The molecule has 0 aliphatic carbocycles. The van der Waals surface area contributed by atoms with Gasteiger partial charge in [0.15, 0.2) is 0 Å². The lowest BCUT2D eigenvalue weighted by atomic mass is 10.1. The summed E-state index contributed by atoms with van der Waals surface area (Å²) in [6.45, 7) is 4.06. The average molecular weight is 416 g/mol. The van der Waals surface area contributed by atoms with E-state index in [-0.39, 0.29) is 16.7 Å². The van der Waals surface area contributed by atoms with Crippen LogP contribution in [0.1, 0.15) is 38.2 Å². The molecule has 2 N–H and O–H groups in total. The van der Waals surface area contributed by atoms with Crippen LogP contribution in [-0.4, -0.2) is 26.8 Å². The van der Waals surface area contributed by atoms with Gasteiger partial charge in [0, 0.05) is 30.8 Å². The van der Waals surface area contributed by atoms with Crippen molar-refractivity contribution in [2.24, 2.45) is 0 Å². The Balaban J connectivity index is 1.81. The lowest BCUT2D eigenvalue weighted by Gasteiger charge is -2.27. The first kappa shape index (κ1) is 20.9. The van der Waals surface area contributed by atoms with Gasteiger partial charge in [0.05, 0.1) is 10.6 Å². The van der Waals surface area contributed by atoms with Gasteiger partial charge in [0.25, 0.3) is 10.0 Å². The number of carbonyl (C=O) groups excluding carboxylic acids is 2. The molecule has 2 amide bonds.